The molecule has 0 saturated carbocycles. The summed E-state index contributed by atoms with van der Waals surface area (Å²) >= 11 is 0. The average molecular weight is 371 g/mol. The molecule has 3 aliphatic heterocycles. The van der Waals surface area contributed by atoms with Crippen molar-refractivity contribution in [1.82, 2.24) is 15.3 Å². The standard InChI is InChI=1S/C16H20F3N5O2/c17-16(18,19)12-5-13(22-15(21-12)23-3-1-2-4-23)24-6-10-8-26-9-11(7-24)20-14(10)25/h5,10-11H,1-4,6-9H2,(H,20,25)/t10-,11+/m1/s1. The lowest BCUT2D eigenvalue weighted by molar-refractivity contribution is -0.141. The Morgan fingerprint density at radius 3 is 2.62 bits per heavy atom. The largest absolute Gasteiger partial charge is 0.433 e. The molecule has 26 heavy (non-hydrogen) atoms. The van der Waals surface area contributed by atoms with Gasteiger partial charge >= 0.3 is 6.18 Å². The van der Waals surface area contributed by atoms with Crippen molar-refractivity contribution >= 4 is 17.7 Å². The van der Waals surface area contributed by atoms with Crippen molar-refractivity contribution in [3.8, 4) is 0 Å². The summed E-state index contributed by atoms with van der Waals surface area (Å²) in [5, 5.41) is 2.87. The Labute approximate surface area is 148 Å². The number of anilines is 2. The highest BCUT2D eigenvalue weighted by atomic mass is 19.4. The first-order chi connectivity index (χ1) is 12.4. The Balaban J connectivity index is 1.70. The van der Waals surface area contributed by atoms with Gasteiger partial charge in [-0.1, -0.05) is 0 Å². The zero-order valence-electron chi connectivity index (χ0n) is 14.1. The van der Waals surface area contributed by atoms with Crippen LogP contribution in [0.2, 0.25) is 0 Å². The van der Waals surface area contributed by atoms with E-state index in [0.29, 0.717) is 26.2 Å². The van der Waals surface area contributed by atoms with Crippen molar-refractivity contribution in [1.29, 1.82) is 0 Å². The van der Waals surface area contributed by atoms with E-state index < -0.39 is 17.8 Å². The first-order valence-corrected chi connectivity index (χ1v) is 8.74. The number of nitrogens with zero attached hydrogens (tertiary/aromatic N) is 4. The summed E-state index contributed by atoms with van der Waals surface area (Å²) in [6, 6.07) is 0.709. The van der Waals surface area contributed by atoms with Crippen molar-refractivity contribution in [2.75, 3.05) is 49.2 Å². The molecule has 0 aromatic carbocycles. The second-order valence-corrected chi connectivity index (χ2v) is 6.95. The van der Waals surface area contributed by atoms with E-state index in [1.165, 1.54) is 0 Å². The molecule has 2 bridgehead atoms. The van der Waals surface area contributed by atoms with Gasteiger partial charge in [0, 0.05) is 32.2 Å². The highest BCUT2D eigenvalue weighted by Crippen LogP contribution is 2.32. The number of amides is 1. The molecule has 1 aromatic heterocycles. The average Bonchev–Trinajstić information content (AvgIpc) is 2.99. The van der Waals surface area contributed by atoms with Crippen molar-refractivity contribution in [2.24, 2.45) is 5.92 Å². The van der Waals surface area contributed by atoms with E-state index in [1.807, 2.05) is 0 Å². The van der Waals surface area contributed by atoms with E-state index in [0.717, 1.165) is 18.9 Å². The molecule has 7 nitrogen and oxygen atoms in total. The third-order valence-corrected chi connectivity index (χ3v) is 4.94. The lowest BCUT2D eigenvalue weighted by Gasteiger charge is -2.29. The predicted octanol–water partition coefficient (Wildman–Crippen LogP) is 1.05. The summed E-state index contributed by atoms with van der Waals surface area (Å²) in [4.78, 5) is 23.8. The molecule has 1 N–H and O–H groups in total. The third kappa shape index (κ3) is 3.42. The van der Waals surface area contributed by atoms with Crippen LogP contribution < -0.4 is 15.1 Å². The number of nitrogens with one attached hydrogen (secondary N) is 1. The van der Waals surface area contributed by atoms with Crippen LogP contribution in [0.1, 0.15) is 18.5 Å². The summed E-state index contributed by atoms with van der Waals surface area (Å²) in [5.74, 6) is -0.234. The molecule has 10 heteroatoms. The van der Waals surface area contributed by atoms with Gasteiger partial charge < -0.3 is 19.9 Å². The topological polar surface area (TPSA) is 70.6 Å². The Morgan fingerprint density at radius 1 is 1.12 bits per heavy atom. The quantitative estimate of drug-likeness (QED) is 0.838. The van der Waals surface area contributed by atoms with Crippen LogP contribution in [-0.4, -0.2) is 61.3 Å². The Hall–Kier alpha value is -2.10. The molecule has 1 aromatic rings. The van der Waals surface area contributed by atoms with E-state index in [-0.39, 0.29) is 36.9 Å². The van der Waals surface area contributed by atoms with Gasteiger partial charge in [-0.05, 0) is 12.8 Å². The zero-order valence-corrected chi connectivity index (χ0v) is 14.1. The minimum atomic E-state index is -4.55. The molecule has 4 rings (SSSR count). The summed E-state index contributed by atoms with van der Waals surface area (Å²) in [6.45, 7) is 2.54. The molecule has 0 aliphatic carbocycles. The van der Waals surface area contributed by atoms with E-state index in [9.17, 15) is 18.0 Å². The maximum absolute atomic E-state index is 13.4. The number of rotatable bonds is 2. The fourth-order valence-corrected chi connectivity index (χ4v) is 3.60. The number of aromatic nitrogens is 2. The zero-order chi connectivity index (χ0) is 18.3. The van der Waals surface area contributed by atoms with Crippen LogP contribution in [0.5, 0.6) is 0 Å². The Bertz CT molecular complexity index is 693. The number of carbonyl (C=O) groups is 1. The Kier molecular flexibility index (Phi) is 4.37. The second-order valence-electron chi connectivity index (χ2n) is 6.95. The molecule has 0 unspecified atom stereocenters. The first kappa shape index (κ1) is 17.3. The van der Waals surface area contributed by atoms with Crippen LogP contribution in [0.3, 0.4) is 0 Å². The fourth-order valence-electron chi connectivity index (χ4n) is 3.60. The Morgan fingerprint density at radius 2 is 1.88 bits per heavy atom. The van der Waals surface area contributed by atoms with Crippen molar-refractivity contribution in [3.05, 3.63) is 11.8 Å². The molecular formula is C16H20F3N5O2. The molecule has 3 saturated heterocycles. The molecule has 3 aliphatic rings. The normalized spacial score (nSPS) is 26.7. The number of halogens is 3. The van der Waals surface area contributed by atoms with Crippen LogP contribution in [-0.2, 0) is 15.7 Å². The number of hydrogen-bond acceptors (Lipinski definition) is 6. The van der Waals surface area contributed by atoms with Gasteiger partial charge in [0.25, 0.3) is 0 Å². The number of alkyl halides is 3. The first-order valence-electron chi connectivity index (χ1n) is 8.74. The highest BCUT2D eigenvalue weighted by molar-refractivity contribution is 5.80. The van der Waals surface area contributed by atoms with Gasteiger partial charge in [0.05, 0.1) is 25.2 Å². The van der Waals surface area contributed by atoms with Gasteiger partial charge in [0.1, 0.15) is 5.82 Å². The molecule has 3 fully saturated rings. The number of fused-ring (bicyclic) bond motifs is 3. The lowest BCUT2D eigenvalue weighted by atomic mass is 10.1. The van der Waals surface area contributed by atoms with Gasteiger partial charge in [-0.2, -0.15) is 18.2 Å². The highest BCUT2D eigenvalue weighted by Gasteiger charge is 2.37. The van der Waals surface area contributed by atoms with Crippen LogP contribution in [0.15, 0.2) is 6.07 Å². The predicted molar refractivity (Wildman–Crippen MR) is 86.9 cm³/mol. The van der Waals surface area contributed by atoms with Crippen molar-refractivity contribution in [2.45, 2.75) is 25.1 Å². The van der Waals surface area contributed by atoms with Crippen LogP contribution in [0, 0.1) is 5.92 Å². The van der Waals surface area contributed by atoms with Crippen LogP contribution in [0.25, 0.3) is 0 Å². The maximum Gasteiger partial charge on any atom is 0.433 e. The van der Waals surface area contributed by atoms with Gasteiger partial charge in [-0.25, -0.2) is 4.98 Å². The molecule has 0 radical (unpaired) electrons. The molecule has 2 atom stereocenters. The minimum Gasteiger partial charge on any atom is -0.378 e. The monoisotopic (exact) mass is 371 g/mol. The summed E-state index contributed by atoms with van der Waals surface area (Å²) in [5.41, 5.74) is -0.950. The maximum atomic E-state index is 13.4. The molecule has 0 spiro atoms. The van der Waals surface area contributed by atoms with E-state index in [1.54, 1.807) is 9.80 Å². The fraction of sp³-hybridized carbons (Fsp3) is 0.688. The van der Waals surface area contributed by atoms with Gasteiger partial charge in [0.2, 0.25) is 11.9 Å². The SMILES string of the molecule is O=C1N[C@@H]2COC[C@H]1CN(c1cc(C(F)(F)F)nc(N3CCCC3)n1)C2. The van der Waals surface area contributed by atoms with E-state index in [2.05, 4.69) is 15.3 Å². The van der Waals surface area contributed by atoms with E-state index >= 15 is 0 Å². The lowest BCUT2D eigenvalue weighted by Crippen LogP contribution is -2.42. The van der Waals surface area contributed by atoms with Gasteiger partial charge in [-0.3, -0.25) is 4.79 Å². The summed E-state index contributed by atoms with van der Waals surface area (Å²) in [6.07, 6.45) is -2.72. The molecular weight excluding hydrogens is 351 g/mol. The number of ether oxygens (including phenoxy) is 1. The van der Waals surface area contributed by atoms with E-state index in [4.69, 9.17) is 4.74 Å². The minimum absolute atomic E-state index is 0.109. The van der Waals surface area contributed by atoms with Crippen LogP contribution >= 0.6 is 0 Å². The smallest absolute Gasteiger partial charge is 0.378 e. The second kappa shape index (κ2) is 6.57. The molecule has 1 amide bonds. The summed E-state index contributed by atoms with van der Waals surface area (Å²) < 4.78 is 45.6. The number of carbonyl (C=O) groups excluding carboxylic acids is 1. The molecule has 142 valence electrons. The van der Waals surface area contributed by atoms with Gasteiger partial charge in [0.15, 0.2) is 5.69 Å². The van der Waals surface area contributed by atoms with Crippen LogP contribution in [0.4, 0.5) is 24.9 Å². The van der Waals surface area contributed by atoms with Crippen molar-refractivity contribution in [3.63, 3.8) is 0 Å². The summed E-state index contributed by atoms with van der Waals surface area (Å²) in [7, 11) is 0. The molecule has 4 heterocycles. The van der Waals surface area contributed by atoms with Crippen molar-refractivity contribution < 1.29 is 22.7 Å². The number of hydrogen-bond donors (Lipinski definition) is 1. The van der Waals surface area contributed by atoms with Gasteiger partial charge in [-0.15, -0.1) is 0 Å². The third-order valence-electron chi connectivity index (χ3n) is 4.94.